The summed E-state index contributed by atoms with van der Waals surface area (Å²) in [7, 11) is 1.84. The van der Waals surface area contributed by atoms with Gasteiger partial charge < -0.3 is 15.5 Å². The van der Waals surface area contributed by atoms with Gasteiger partial charge in [0.05, 0.1) is 24.5 Å². The number of pyridine rings is 2. The molecule has 0 bridgehead atoms. The van der Waals surface area contributed by atoms with Crippen molar-refractivity contribution in [1.82, 2.24) is 24.8 Å². The molecule has 1 saturated heterocycles. The highest BCUT2D eigenvalue weighted by molar-refractivity contribution is 5.92. The van der Waals surface area contributed by atoms with Crippen LogP contribution >= 0.6 is 0 Å². The van der Waals surface area contributed by atoms with Gasteiger partial charge in [-0.15, -0.1) is 0 Å². The van der Waals surface area contributed by atoms with Crippen LogP contribution in [-0.4, -0.2) is 70.5 Å². The molecule has 0 radical (unpaired) electrons. The third-order valence-electron chi connectivity index (χ3n) is 5.66. The number of hydrogen-bond acceptors (Lipinski definition) is 5. The molecule has 3 aromatic rings. The highest BCUT2D eigenvalue weighted by atomic mass is 19.4. The van der Waals surface area contributed by atoms with Gasteiger partial charge in [-0.2, -0.15) is 18.3 Å². The number of fused-ring (bicyclic) bond motifs is 1. The van der Waals surface area contributed by atoms with Crippen molar-refractivity contribution < 1.29 is 22.4 Å². The average Bonchev–Trinajstić information content (AvgIpc) is 3.15. The molecule has 0 spiro atoms. The molecule has 0 saturated carbocycles. The largest absolute Gasteiger partial charge is 0.393 e. The standard InChI is InChI=1S/C24H24F4N6O/c1-33-13-10-19(17(25)15-33)31-22-9-4-8-21-16(14-24(26,27)28)18(32-34(21)22)7-5-12-30-23(35)20-6-2-3-11-29-20/h2-4,6,8-9,11,17,19,31H,10,12-15H2,1H3,(H,30,35)/t17-,19+/m0/s1. The summed E-state index contributed by atoms with van der Waals surface area (Å²) in [5.41, 5.74) is 0.307. The molecule has 1 fully saturated rings. The summed E-state index contributed by atoms with van der Waals surface area (Å²) in [4.78, 5) is 17.9. The molecule has 1 amide bonds. The Morgan fingerprint density at radius 3 is 2.77 bits per heavy atom. The molecule has 0 unspecified atom stereocenters. The fourth-order valence-electron chi connectivity index (χ4n) is 3.95. The van der Waals surface area contributed by atoms with Crippen LogP contribution in [-0.2, 0) is 6.42 Å². The van der Waals surface area contributed by atoms with E-state index in [2.05, 4.69) is 32.6 Å². The van der Waals surface area contributed by atoms with Gasteiger partial charge in [0.2, 0.25) is 0 Å². The molecule has 7 nitrogen and oxygen atoms in total. The lowest BCUT2D eigenvalue weighted by Gasteiger charge is -2.33. The van der Waals surface area contributed by atoms with Crippen LogP contribution in [0, 0.1) is 11.8 Å². The minimum atomic E-state index is -4.48. The van der Waals surface area contributed by atoms with E-state index < -0.39 is 30.7 Å². The number of likely N-dealkylation sites (tertiary alicyclic amines) is 1. The van der Waals surface area contributed by atoms with E-state index in [-0.39, 0.29) is 35.6 Å². The van der Waals surface area contributed by atoms with Gasteiger partial charge in [0.1, 0.15) is 23.4 Å². The van der Waals surface area contributed by atoms with Crippen molar-refractivity contribution >= 4 is 17.2 Å². The summed E-state index contributed by atoms with van der Waals surface area (Å²) in [6, 6.07) is 9.16. The lowest BCUT2D eigenvalue weighted by molar-refractivity contribution is -0.127. The summed E-state index contributed by atoms with van der Waals surface area (Å²) in [5.74, 6) is 5.26. The van der Waals surface area contributed by atoms with Crippen LogP contribution in [0.3, 0.4) is 0 Å². The van der Waals surface area contributed by atoms with E-state index in [0.717, 1.165) is 0 Å². The number of nitrogens with zero attached hydrogens (tertiary/aromatic N) is 4. The van der Waals surface area contributed by atoms with Crippen LogP contribution in [0.2, 0.25) is 0 Å². The monoisotopic (exact) mass is 488 g/mol. The van der Waals surface area contributed by atoms with Crippen LogP contribution in [0.5, 0.6) is 0 Å². The molecule has 184 valence electrons. The van der Waals surface area contributed by atoms with Crippen molar-refractivity contribution in [1.29, 1.82) is 0 Å². The number of alkyl halides is 4. The molecular weight excluding hydrogens is 464 g/mol. The zero-order valence-corrected chi connectivity index (χ0v) is 18.9. The zero-order chi connectivity index (χ0) is 25.0. The van der Waals surface area contributed by atoms with Crippen LogP contribution < -0.4 is 10.6 Å². The van der Waals surface area contributed by atoms with E-state index in [1.54, 1.807) is 24.3 Å². The number of halogens is 4. The van der Waals surface area contributed by atoms with Crippen LogP contribution in [0.15, 0.2) is 42.6 Å². The first kappa shape index (κ1) is 24.5. The Morgan fingerprint density at radius 1 is 1.23 bits per heavy atom. The van der Waals surface area contributed by atoms with Crippen molar-refractivity contribution in [3.63, 3.8) is 0 Å². The van der Waals surface area contributed by atoms with E-state index in [4.69, 9.17) is 0 Å². The van der Waals surface area contributed by atoms with Crippen molar-refractivity contribution in [3.05, 3.63) is 59.5 Å². The number of carbonyl (C=O) groups excluding carboxylic acids is 1. The zero-order valence-electron chi connectivity index (χ0n) is 18.9. The Kier molecular flexibility index (Phi) is 7.21. The third-order valence-corrected chi connectivity index (χ3v) is 5.66. The Morgan fingerprint density at radius 2 is 2.06 bits per heavy atom. The molecule has 2 atom stereocenters. The van der Waals surface area contributed by atoms with Crippen LogP contribution in [0.25, 0.3) is 5.52 Å². The Hall–Kier alpha value is -3.65. The first-order valence-electron chi connectivity index (χ1n) is 11.1. The molecule has 3 aromatic heterocycles. The SMILES string of the molecule is CN1CC[C@@H](Nc2cccc3c(CC(F)(F)F)c(C#CCNC(=O)c4ccccn4)nn23)[C@@H](F)C1. The second-order valence-electron chi connectivity index (χ2n) is 8.34. The van der Waals surface area contributed by atoms with E-state index in [0.29, 0.717) is 18.8 Å². The average molecular weight is 488 g/mol. The van der Waals surface area contributed by atoms with E-state index in [1.807, 2.05) is 11.9 Å². The maximum atomic E-state index is 14.5. The topological polar surface area (TPSA) is 74.6 Å². The molecule has 1 aliphatic heterocycles. The van der Waals surface area contributed by atoms with Crippen molar-refractivity contribution in [3.8, 4) is 11.8 Å². The molecule has 2 N–H and O–H groups in total. The first-order chi connectivity index (χ1) is 16.7. The smallest absolute Gasteiger partial charge is 0.364 e. The molecule has 4 rings (SSSR count). The van der Waals surface area contributed by atoms with Crippen LogP contribution in [0.4, 0.5) is 23.4 Å². The Balaban J connectivity index is 1.59. The summed E-state index contributed by atoms with van der Waals surface area (Å²) >= 11 is 0. The van der Waals surface area contributed by atoms with E-state index in [1.165, 1.54) is 22.8 Å². The van der Waals surface area contributed by atoms with Crippen molar-refractivity contribution in [2.24, 2.45) is 0 Å². The Labute approximate surface area is 199 Å². The molecule has 4 heterocycles. The normalized spacial score (nSPS) is 18.7. The van der Waals surface area contributed by atoms with Gasteiger partial charge in [-0.05, 0) is 43.7 Å². The number of nitrogens with one attached hydrogen (secondary N) is 2. The van der Waals surface area contributed by atoms with Gasteiger partial charge in [0.25, 0.3) is 5.91 Å². The summed E-state index contributed by atoms with van der Waals surface area (Å²) in [5, 5.41) is 9.96. The lowest BCUT2D eigenvalue weighted by atomic mass is 10.0. The molecule has 11 heteroatoms. The maximum absolute atomic E-state index is 14.5. The molecule has 35 heavy (non-hydrogen) atoms. The number of rotatable bonds is 5. The van der Waals surface area contributed by atoms with Crippen LogP contribution in [0.1, 0.15) is 28.2 Å². The first-order valence-corrected chi connectivity index (χ1v) is 11.1. The predicted octanol–water partition coefficient (Wildman–Crippen LogP) is 3.07. The second kappa shape index (κ2) is 10.3. The minimum absolute atomic E-state index is 0.0520. The van der Waals surface area contributed by atoms with Gasteiger partial charge in [-0.1, -0.05) is 18.1 Å². The summed E-state index contributed by atoms with van der Waals surface area (Å²) in [6.07, 6.45) is -4.80. The van der Waals surface area contributed by atoms with Gasteiger partial charge in [-0.25, -0.2) is 8.91 Å². The predicted molar refractivity (Wildman–Crippen MR) is 123 cm³/mol. The third kappa shape index (κ3) is 6.08. The Bertz CT molecular complexity index is 1250. The number of aromatic nitrogens is 3. The summed E-state index contributed by atoms with van der Waals surface area (Å²) in [6.45, 7) is 0.874. The molecule has 0 aliphatic carbocycles. The number of piperidine rings is 1. The molecular formula is C24H24F4N6O. The van der Waals surface area contributed by atoms with Gasteiger partial charge >= 0.3 is 6.18 Å². The fourth-order valence-corrected chi connectivity index (χ4v) is 3.95. The number of carbonyl (C=O) groups is 1. The van der Waals surface area contributed by atoms with Gasteiger partial charge in [0.15, 0.2) is 0 Å². The lowest BCUT2D eigenvalue weighted by Crippen LogP contribution is -2.46. The van der Waals surface area contributed by atoms with Crippen molar-refractivity contribution in [2.75, 3.05) is 32.0 Å². The minimum Gasteiger partial charge on any atom is -0.364 e. The highest BCUT2D eigenvalue weighted by Crippen LogP contribution is 2.28. The van der Waals surface area contributed by atoms with E-state index in [9.17, 15) is 22.4 Å². The molecule has 0 aromatic carbocycles. The van der Waals surface area contributed by atoms with Gasteiger partial charge in [-0.3, -0.25) is 9.78 Å². The van der Waals surface area contributed by atoms with Gasteiger partial charge in [0, 0.05) is 24.8 Å². The maximum Gasteiger partial charge on any atom is 0.393 e. The second-order valence-corrected chi connectivity index (χ2v) is 8.34. The van der Waals surface area contributed by atoms with Crippen molar-refractivity contribution in [2.45, 2.75) is 31.2 Å². The summed E-state index contributed by atoms with van der Waals surface area (Å²) < 4.78 is 55.9. The number of amides is 1. The molecule has 1 aliphatic rings. The quantitative estimate of drug-likeness (QED) is 0.427. The fraction of sp³-hybridized carbons (Fsp3) is 0.375. The number of anilines is 1. The number of hydrogen-bond donors (Lipinski definition) is 2. The van der Waals surface area contributed by atoms with E-state index >= 15 is 0 Å². The highest BCUT2D eigenvalue weighted by Gasteiger charge is 2.32.